The molecule has 172 valence electrons. The monoisotopic (exact) mass is 443 g/mol. The Kier molecular flexibility index (Phi) is 6.04. The summed E-state index contributed by atoms with van der Waals surface area (Å²) in [5.41, 5.74) is -0.904. The number of likely N-dealkylation sites (tertiary alicyclic amines) is 1. The van der Waals surface area contributed by atoms with Crippen molar-refractivity contribution < 1.29 is 27.5 Å². The second-order valence-corrected chi connectivity index (χ2v) is 9.17. The van der Waals surface area contributed by atoms with Gasteiger partial charge in [0.25, 0.3) is 0 Å². The van der Waals surface area contributed by atoms with Crippen molar-refractivity contribution in [1.29, 1.82) is 0 Å². The number of aliphatic hydroxyl groups excluding tert-OH is 1. The van der Waals surface area contributed by atoms with Gasteiger partial charge in [0.1, 0.15) is 5.82 Å². The van der Waals surface area contributed by atoms with Crippen LogP contribution < -0.4 is 5.32 Å². The minimum Gasteiger partial charge on any atom is -0.391 e. The molecule has 4 rings (SSSR count). The van der Waals surface area contributed by atoms with Crippen LogP contribution in [0, 0.1) is 11.2 Å². The highest BCUT2D eigenvalue weighted by molar-refractivity contribution is 5.81. The Morgan fingerprint density at radius 3 is 2.65 bits per heavy atom. The minimum atomic E-state index is -4.77. The van der Waals surface area contributed by atoms with E-state index in [1.807, 2.05) is 16.7 Å². The number of amides is 1. The van der Waals surface area contributed by atoms with Crippen molar-refractivity contribution in [3.05, 3.63) is 35.1 Å². The van der Waals surface area contributed by atoms with E-state index in [1.54, 1.807) is 0 Å². The molecule has 0 aromatic heterocycles. The number of piperazine rings is 1. The summed E-state index contributed by atoms with van der Waals surface area (Å²) in [6.45, 7) is 4.60. The van der Waals surface area contributed by atoms with E-state index in [1.165, 1.54) is 6.07 Å². The van der Waals surface area contributed by atoms with Gasteiger partial charge in [-0.1, -0.05) is 6.07 Å². The van der Waals surface area contributed by atoms with E-state index in [0.717, 1.165) is 31.4 Å². The Morgan fingerprint density at radius 2 is 2.00 bits per heavy atom. The van der Waals surface area contributed by atoms with Crippen LogP contribution in [0.25, 0.3) is 0 Å². The maximum atomic E-state index is 13.9. The molecule has 2 aliphatic heterocycles. The van der Waals surface area contributed by atoms with Gasteiger partial charge in [-0.15, -0.1) is 0 Å². The lowest BCUT2D eigenvalue weighted by Crippen LogP contribution is -2.54. The van der Waals surface area contributed by atoms with Crippen molar-refractivity contribution in [3.8, 4) is 0 Å². The minimum absolute atomic E-state index is 0.0273. The van der Waals surface area contributed by atoms with Gasteiger partial charge in [-0.3, -0.25) is 14.6 Å². The number of nitrogens with zero attached hydrogens (tertiary/aromatic N) is 2. The SMILES string of the molecule is C[C@H]1C(=O)NCCN1CCC(c1ccc(F)c(C(F)(F)F)c1)N1CCC2(CC2)[C@H](O)C1. The number of benzene rings is 1. The number of hydrogen-bond donors (Lipinski definition) is 2. The van der Waals surface area contributed by atoms with Gasteiger partial charge in [0.15, 0.2) is 0 Å². The van der Waals surface area contributed by atoms with Gasteiger partial charge in [0.2, 0.25) is 5.91 Å². The molecule has 31 heavy (non-hydrogen) atoms. The molecular formula is C22H29F4N3O2. The molecule has 1 aromatic carbocycles. The molecule has 3 aliphatic rings. The van der Waals surface area contributed by atoms with Crippen LogP contribution in [0.3, 0.4) is 0 Å². The summed E-state index contributed by atoms with van der Waals surface area (Å²) in [6.07, 6.45) is -2.01. The van der Waals surface area contributed by atoms with Crippen molar-refractivity contribution >= 4 is 5.91 Å². The van der Waals surface area contributed by atoms with Gasteiger partial charge in [-0.2, -0.15) is 13.2 Å². The van der Waals surface area contributed by atoms with Crippen LogP contribution in [-0.2, 0) is 11.0 Å². The molecule has 2 saturated heterocycles. The van der Waals surface area contributed by atoms with Crippen molar-refractivity contribution in [1.82, 2.24) is 15.1 Å². The summed E-state index contributed by atoms with van der Waals surface area (Å²) in [6, 6.07) is 2.49. The lowest BCUT2D eigenvalue weighted by molar-refractivity contribution is -0.140. The molecular weight excluding hydrogens is 414 g/mol. The molecule has 1 aromatic rings. The molecule has 2 N–H and O–H groups in total. The number of rotatable bonds is 5. The Balaban J connectivity index is 1.57. The third-order valence-corrected chi connectivity index (χ3v) is 7.34. The van der Waals surface area contributed by atoms with Gasteiger partial charge in [0, 0.05) is 32.2 Å². The third-order valence-electron chi connectivity index (χ3n) is 7.34. The predicted octanol–water partition coefficient (Wildman–Crippen LogP) is 2.94. The largest absolute Gasteiger partial charge is 0.419 e. The average molecular weight is 443 g/mol. The van der Waals surface area contributed by atoms with Crippen molar-refractivity contribution in [3.63, 3.8) is 0 Å². The number of halogens is 4. The fourth-order valence-corrected chi connectivity index (χ4v) is 5.02. The smallest absolute Gasteiger partial charge is 0.391 e. The molecule has 2 heterocycles. The summed E-state index contributed by atoms with van der Waals surface area (Å²) in [5.74, 6) is -1.35. The summed E-state index contributed by atoms with van der Waals surface area (Å²) in [7, 11) is 0. The standard InChI is InChI=1S/C22H29F4N3O2/c1-14-20(31)27-8-11-28(14)9-4-18(29-10-7-21(5-6-21)19(30)13-29)15-2-3-17(23)16(12-15)22(24,25)26/h2-3,12,14,18-19,30H,4-11,13H2,1H3,(H,27,31)/t14-,18?,19+/m0/s1. The van der Waals surface area contributed by atoms with Gasteiger partial charge in [-0.25, -0.2) is 4.39 Å². The second-order valence-electron chi connectivity index (χ2n) is 9.17. The number of carbonyl (C=O) groups is 1. The molecule has 1 spiro atoms. The predicted molar refractivity (Wildman–Crippen MR) is 107 cm³/mol. The van der Waals surface area contributed by atoms with Crippen LogP contribution >= 0.6 is 0 Å². The summed E-state index contributed by atoms with van der Waals surface area (Å²) in [4.78, 5) is 16.0. The molecule has 1 unspecified atom stereocenters. The quantitative estimate of drug-likeness (QED) is 0.688. The Bertz CT molecular complexity index is 827. The number of hydrogen-bond acceptors (Lipinski definition) is 4. The van der Waals surface area contributed by atoms with Crippen LogP contribution in [0.4, 0.5) is 17.6 Å². The van der Waals surface area contributed by atoms with Crippen LogP contribution in [0.1, 0.15) is 49.8 Å². The highest BCUT2D eigenvalue weighted by atomic mass is 19.4. The number of alkyl halides is 3. The maximum absolute atomic E-state index is 13.9. The van der Waals surface area contributed by atoms with Crippen LogP contribution in [0.5, 0.6) is 0 Å². The van der Waals surface area contributed by atoms with E-state index in [4.69, 9.17) is 0 Å². The molecule has 0 bridgehead atoms. The lowest BCUT2D eigenvalue weighted by Gasteiger charge is -2.42. The first-order valence-electron chi connectivity index (χ1n) is 10.9. The van der Waals surface area contributed by atoms with Crippen LogP contribution in [0.15, 0.2) is 18.2 Å². The summed E-state index contributed by atoms with van der Waals surface area (Å²) >= 11 is 0. The number of piperidine rings is 1. The molecule has 1 aliphatic carbocycles. The first kappa shape index (κ1) is 22.5. The number of carbonyl (C=O) groups excluding carboxylic acids is 1. The molecule has 3 atom stereocenters. The fourth-order valence-electron chi connectivity index (χ4n) is 5.02. The van der Waals surface area contributed by atoms with Crippen molar-refractivity contribution in [2.24, 2.45) is 5.41 Å². The Labute approximate surface area is 179 Å². The van der Waals surface area contributed by atoms with E-state index in [9.17, 15) is 27.5 Å². The zero-order valence-corrected chi connectivity index (χ0v) is 17.6. The molecule has 1 amide bonds. The lowest BCUT2D eigenvalue weighted by atomic mass is 9.88. The summed E-state index contributed by atoms with van der Waals surface area (Å²) < 4.78 is 53.9. The highest BCUT2D eigenvalue weighted by Crippen LogP contribution is 2.54. The highest BCUT2D eigenvalue weighted by Gasteiger charge is 2.52. The molecule has 5 nitrogen and oxygen atoms in total. The van der Waals surface area contributed by atoms with Gasteiger partial charge in [0.05, 0.1) is 17.7 Å². The second kappa shape index (κ2) is 8.33. The van der Waals surface area contributed by atoms with Gasteiger partial charge in [-0.05, 0) is 62.3 Å². The zero-order chi connectivity index (χ0) is 22.4. The van der Waals surface area contributed by atoms with Crippen LogP contribution in [-0.4, -0.2) is 65.7 Å². The molecule has 9 heteroatoms. The molecule has 0 radical (unpaired) electrons. The molecule has 3 fully saturated rings. The van der Waals surface area contributed by atoms with Crippen molar-refractivity contribution in [2.75, 3.05) is 32.7 Å². The van der Waals surface area contributed by atoms with E-state index in [2.05, 4.69) is 5.32 Å². The Hall–Kier alpha value is -1.71. The average Bonchev–Trinajstić information content (AvgIpc) is 3.49. The first-order chi connectivity index (χ1) is 14.6. The van der Waals surface area contributed by atoms with E-state index >= 15 is 0 Å². The van der Waals surface area contributed by atoms with Gasteiger partial charge >= 0.3 is 6.18 Å². The Morgan fingerprint density at radius 1 is 1.26 bits per heavy atom. The fraction of sp³-hybridized carbons (Fsp3) is 0.682. The molecule has 1 saturated carbocycles. The van der Waals surface area contributed by atoms with Gasteiger partial charge < -0.3 is 10.4 Å². The normalized spacial score (nSPS) is 27.9. The first-order valence-corrected chi connectivity index (χ1v) is 10.9. The summed E-state index contributed by atoms with van der Waals surface area (Å²) in [5, 5.41) is 13.4. The van der Waals surface area contributed by atoms with E-state index in [0.29, 0.717) is 44.7 Å². The number of aliphatic hydroxyl groups is 1. The van der Waals surface area contributed by atoms with Crippen LogP contribution in [0.2, 0.25) is 0 Å². The number of β-amino-alcohol motifs (C(OH)–C–C–N with tert-alkyl or cyclic N) is 1. The number of nitrogens with one attached hydrogen (secondary N) is 1. The third kappa shape index (κ3) is 4.59. The topological polar surface area (TPSA) is 55.8 Å². The zero-order valence-electron chi connectivity index (χ0n) is 17.6. The maximum Gasteiger partial charge on any atom is 0.419 e. The van der Waals surface area contributed by atoms with Crippen molar-refractivity contribution in [2.45, 2.75) is 57.0 Å². The van der Waals surface area contributed by atoms with E-state index in [-0.39, 0.29) is 17.4 Å². The van der Waals surface area contributed by atoms with E-state index < -0.39 is 29.7 Å².